The van der Waals surface area contributed by atoms with Crippen molar-refractivity contribution in [2.45, 2.75) is 105 Å². The van der Waals surface area contributed by atoms with Crippen molar-refractivity contribution in [3.05, 3.63) is 22.5 Å². The number of nitrogens with zero attached hydrogens (tertiary/aromatic N) is 2. The highest BCUT2D eigenvalue weighted by atomic mass is 16.3. The van der Waals surface area contributed by atoms with Crippen LogP contribution in [0.5, 0.6) is 0 Å². The molecule has 1 aromatic heterocycles. The molecule has 0 amide bonds. The van der Waals surface area contributed by atoms with E-state index in [1.54, 1.807) is 0 Å². The Morgan fingerprint density at radius 2 is 1.77 bits per heavy atom. The fraction of sp³-hybridized carbons (Fsp3) is 0.815. The van der Waals surface area contributed by atoms with Crippen molar-refractivity contribution >= 4 is 6.08 Å². The van der Waals surface area contributed by atoms with Gasteiger partial charge >= 0.3 is 0 Å². The third kappa shape index (κ3) is 3.11. The van der Waals surface area contributed by atoms with E-state index in [2.05, 4.69) is 45.4 Å². The molecule has 4 heteroatoms. The summed E-state index contributed by atoms with van der Waals surface area (Å²) < 4.78 is 2.08. The Balaban J connectivity index is 1.46. The number of hydrogen-bond donors (Lipinski definition) is 2. The zero-order valence-corrected chi connectivity index (χ0v) is 20.2. The maximum Gasteiger partial charge on any atom is 0.0809 e. The lowest BCUT2D eigenvalue weighted by atomic mass is 9.45. The summed E-state index contributed by atoms with van der Waals surface area (Å²) in [6.07, 6.45) is 11.0. The van der Waals surface area contributed by atoms with Crippen LogP contribution in [0.2, 0.25) is 0 Å². The second-order valence-corrected chi connectivity index (χ2v) is 11.9. The average Bonchev–Trinajstić information content (AvgIpc) is 3.16. The van der Waals surface area contributed by atoms with Crippen molar-refractivity contribution < 1.29 is 10.2 Å². The first kappa shape index (κ1) is 21.7. The Hall–Kier alpha value is -1.13. The SMILES string of the molecule is CCn1nc(C)c(/C=C2/C[C@@H]3[C@H]4CC[C@H]5C[C@@H](O)CC[C@]5(C)[C@@H]4CC[C@]3(C)[C@H]2O)c1C. The van der Waals surface area contributed by atoms with E-state index < -0.39 is 0 Å². The summed E-state index contributed by atoms with van der Waals surface area (Å²) in [4.78, 5) is 0. The van der Waals surface area contributed by atoms with Gasteiger partial charge in [-0.25, -0.2) is 0 Å². The van der Waals surface area contributed by atoms with Crippen LogP contribution in [0.3, 0.4) is 0 Å². The van der Waals surface area contributed by atoms with E-state index in [4.69, 9.17) is 5.10 Å². The van der Waals surface area contributed by atoms with Crippen LogP contribution in [0.4, 0.5) is 0 Å². The highest BCUT2D eigenvalue weighted by Crippen LogP contribution is 2.67. The Labute approximate surface area is 188 Å². The molecule has 0 spiro atoms. The van der Waals surface area contributed by atoms with Crippen LogP contribution in [0.15, 0.2) is 5.57 Å². The maximum atomic E-state index is 11.5. The van der Waals surface area contributed by atoms with E-state index in [9.17, 15) is 10.2 Å². The van der Waals surface area contributed by atoms with E-state index >= 15 is 0 Å². The van der Waals surface area contributed by atoms with Crippen molar-refractivity contribution in [1.82, 2.24) is 9.78 Å². The summed E-state index contributed by atoms with van der Waals surface area (Å²) in [7, 11) is 0. The van der Waals surface area contributed by atoms with Crippen molar-refractivity contribution in [2.24, 2.45) is 34.5 Å². The lowest BCUT2D eigenvalue weighted by molar-refractivity contribution is -0.133. The summed E-state index contributed by atoms with van der Waals surface area (Å²) in [5.74, 6) is 2.75. The minimum atomic E-state index is -0.332. The van der Waals surface area contributed by atoms with Gasteiger partial charge in [0.25, 0.3) is 0 Å². The Kier molecular flexibility index (Phi) is 5.21. The van der Waals surface area contributed by atoms with Gasteiger partial charge in [0.05, 0.1) is 17.9 Å². The maximum absolute atomic E-state index is 11.5. The van der Waals surface area contributed by atoms with Gasteiger partial charge in [0.2, 0.25) is 0 Å². The molecule has 0 saturated heterocycles. The van der Waals surface area contributed by atoms with Gasteiger partial charge in [0.1, 0.15) is 0 Å². The zero-order valence-electron chi connectivity index (χ0n) is 20.2. The molecule has 1 heterocycles. The molecule has 31 heavy (non-hydrogen) atoms. The molecule has 4 nitrogen and oxygen atoms in total. The van der Waals surface area contributed by atoms with Crippen molar-refractivity contribution in [2.75, 3.05) is 0 Å². The molecular formula is C27H42N2O2. The predicted octanol–water partition coefficient (Wildman–Crippen LogP) is 5.28. The Morgan fingerprint density at radius 3 is 2.48 bits per heavy atom. The molecule has 0 bridgehead atoms. The molecule has 2 N–H and O–H groups in total. The second kappa shape index (κ2) is 7.45. The monoisotopic (exact) mass is 426 g/mol. The van der Waals surface area contributed by atoms with Crippen LogP contribution in [-0.4, -0.2) is 32.2 Å². The molecule has 4 saturated carbocycles. The number of aromatic nitrogens is 2. The standard InChI is InChI=1S/C27H42N2O2/c1-6-29-17(3)22(16(2)28-29)13-18-14-24-21-8-7-19-15-20(30)9-11-26(19,4)23(21)10-12-27(24,5)25(18)31/h13,19-21,23-25,30-31H,6-12,14-15H2,1-5H3/b18-13-/t19-,20-,21-,23+,24+,25-,26-,27-/m0/s1. The largest absolute Gasteiger partial charge is 0.393 e. The van der Waals surface area contributed by atoms with E-state index in [0.29, 0.717) is 17.3 Å². The van der Waals surface area contributed by atoms with E-state index in [0.717, 1.165) is 49.8 Å². The molecule has 1 aromatic rings. The van der Waals surface area contributed by atoms with Gasteiger partial charge in [0, 0.05) is 23.2 Å². The lowest BCUT2D eigenvalue weighted by Crippen LogP contribution is -2.54. The summed E-state index contributed by atoms with van der Waals surface area (Å²) >= 11 is 0. The molecule has 0 aromatic carbocycles. The molecular weight excluding hydrogens is 384 g/mol. The topological polar surface area (TPSA) is 58.3 Å². The molecule has 8 atom stereocenters. The van der Waals surface area contributed by atoms with Crippen LogP contribution in [0, 0.1) is 48.3 Å². The number of aryl methyl sites for hydroxylation is 2. The number of hydrogen-bond acceptors (Lipinski definition) is 3. The first-order chi connectivity index (χ1) is 14.7. The molecule has 4 aliphatic carbocycles. The number of aliphatic hydroxyl groups is 2. The smallest absolute Gasteiger partial charge is 0.0809 e. The van der Waals surface area contributed by atoms with Gasteiger partial charge < -0.3 is 10.2 Å². The Morgan fingerprint density at radius 1 is 1.03 bits per heavy atom. The van der Waals surface area contributed by atoms with Crippen LogP contribution >= 0.6 is 0 Å². The van der Waals surface area contributed by atoms with Crippen LogP contribution < -0.4 is 0 Å². The minimum Gasteiger partial charge on any atom is -0.393 e. The van der Waals surface area contributed by atoms with Crippen molar-refractivity contribution in [3.63, 3.8) is 0 Å². The second-order valence-electron chi connectivity index (χ2n) is 11.9. The third-order valence-corrected chi connectivity index (χ3v) is 10.6. The number of rotatable bonds is 2. The fourth-order valence-corrected chi connectivity index (χ4v) is 8.65. The lowest BCUT2D eigenvalue weighted by Gasteiger charge is -2.60. The highest BCUT2D eigenvalue weighted by molar-refractivity contribution is 5.59. The third-order valence-electron chi connectivity index (χ3n) is 10.6. The molecule has 4 fully saturated rings. The van der Waals surface area contributed by atoms with Crippen LogP contribution in [0.1, 0.15) is 89.1 Å². The van der Waals surface area contributed by atoms with Gasteiger partial charge in [-0.2, -0.15) is 5.10 Å². The molecule has 0 aliphatic heterocycles. The molecule has 0 unspecified atom stereocenters. The summed E-state index contributed by atoms with van der Waals surface area (Å²) in [5, 5.41) is 26.5. The van der Waals surface area contributed by atoms with Gasteiger partial charge in [-0.1, -0.05) is 13.8 Å². The summed E-state index contributed by atoms with van der Waals surface area (Å²) in [5.41, 5.74) is 5.13. The number of aliphatic hydroxyl groups excluding tert-OH is 2. The van der Waals surface area contributed by atoms with E-state index in [1.165, 1.54) is 42.5 Å². The zero-order chi connectivity index (χ0) is 22.1. The first-order valence-corrected chi connectivity index (χ1v) is 12.8. The highest BCUT2D eigenvalue weighted by Gasteiger charge is 2.61. The molecule has 172 valence electrons. The van der Waals surface area contributed by atoms with Gasteiger partial charge in [-0.3, -0.25) is 4.68 Å². The van der Waals surface area contributed by atoms with Crippen molar-refractivity contribution in [1.29, 1.82) is 0 Å². The fourth-order valence-electron chi connectivity index (χ4n) is 8.65. The summed E-state index contributed by atoms with van der Waals surface area (Å²) in [6, 6.07) is 0. The minimum absolute atomic E-state index is 0.00688. The van der Waals surface area contributed by atoms with E-state index in [-0.39, 0.29) is 17.6 Å². The number of fused-ring (bicyclic) bond motifs is 5. The molecule has 0 radical (unpaired) electrons. The molecule has 5 rings (SSSR count). The summed E-state index contributed by atoms with van der Waals surface area (Å²) in [6.45, 7) is 12.2. The molecule has 4 aliphatic rings. The van der Waals surface area contributed by atoms with Crippen molar-refractivity contribution in [3.8, 4) is 0 Å². The predicted molar refractivity (Wildman–Crippen MR) is 124 cm³/mol. The first-order valence-electron chi connectivity index (χ1n) is 12.8. The van der Waals surface area contributed by atoms with E-state index in [1.807, 2.05) is 0 Å². The van der Waals surface area contributed by atoms with Gasteiger partial charge in [0.15, 0.2) is 0 Å². The van der Waals surface area contributed by atoms with Crippen LogP contribution in [0.25, 0.3) is 6.08 Å². The van der Waals surface area contributed by atoms with Gasteiger partial charge in [-0.15, -0.1) is 0 Å². The van der Waals surface area contributed by atoms with Crippen LogP contribution in [-0.2, 0) is 6.54 Å². The van der Waals surface area contributed by atoms with Gasteiger partial charge in [-0.05, 0) is 113 Å². The normalized spacial score (nSPS) is 46.0. The Bertz CT molecular complexity index is 888. The quantitative estimate of drug-likeness (QED) is 0.677. The average molecular weight is 427 g/mol.